The molecule has 2 atom stereocenters. The summed E-state index contributed by atoms with van der Waals surface area (Å²) in [4.78, 5) is 0. The fourth-order valence-electron chi connectivity index (χ4n) is 2.09. The number of nitrogens with two attached hydrogens (primary N) is 1. The smallest absolute Gasteiger partial charge is 0.0361 e. The molecule has 13 heavy (non-hydrogen) atoms. The minimum Gasteiger partial charge on any atom is -0.402 e. The maximum atomic E-state index is 7.83. The van der Waals surface area contributed by atoms with Gasteiger partial charge in [0, 0.05) is 17.3 Å². The molecule has 0 aliphatic heterocycles. The lowest BCUT2D eigenvalue weighted by Crippen LogP contribution is -2.09. The standard InChI is InChI=1S/C11H20N2/c1-3-9-4-5-10(7-9)11(13)6-8(2)12/h6,9-10,13H,3-5,7,12H2,1-2H3/b8-6+,13-11?. The van der Waals surface area contributed by atoms with Crippen LogP contribution in [0, 0.1) is 17.2 Å². The molecule has 74 valence electrons. The number of hydrogen-bond donors (Lipinski definition) is 2. The molecule has 1 aliphatic carbocycles. The molecule has 1 saturated carbocycles. The lowest BCUT2D eigenvalue weighted by molar-refractivity contribution is 0.520. The highest BCUT2D eigenvalue weighted by atomic mass is 14.6. The van der Waals surface area contributed by atoms with Gasteiger partial charge in [0.1, 0.15) is 0 Å². The van der Waals surface area contributed by atoms with Gasteiger partial charge < -0.3 is 11.1 Å². The van der Waals surface area contributed by atoms with Crippen LogP contribution >= 0.6 is 0 Å². The normalized spacial score (nSPS) is 29.2. The SMILES string of the molecule is CCC1CCC(C(=N)/C=C(\C)N)C1. The van der Waals surface area contributed by atoms with Gasteiger partial charge in [-0.2, -0.15) is 0 Å². The average molecular weight is 180 g/mol. The predicted octanol–water partition coefficient (Wildman–Crippen LogP) is 2.69. The molecule has 0 amide bonds. The van der Waals surface area contributed by atoms with Gasteiger partial charge in [0.25, 0.3) is 0 Å². The van der Waals surface area contributed by atoms with Crippen molar-refractivity contribution in [3.8, 4) is 0 Å². The second-order valence-corrected chi connectivity index (χ2v) is 4.13. The first-order chi connectivity index (χ1) is 6.13. The van der Waals surface area contributed by atoms with E-state index in [1.54, 1.807) is 0 Å². The zero-order chi connectivity index (χ0) is 9.84. The Morgan fingerprint density at radius 1 is 1.54 bits per heavy atom. The van der Waals surface area contributed by atoms with Gasteiger partial charge in [0.15, 0.2) is 0 Å². The van der Waals surface area contributed by atoms with Crippen LogP contribution in [-0.2, 0) is 0 Å². The topological polar surface area (TPSA) is 49.9 Å². The fourth-order valence-corrected chi connectivity index (χ4v) is 2.09. The zero-order valence-electron chi connectivity index (χ0n) is 8.64. The molecule has 0 heterocycles. The van der Waals surface area contributed by atoms with Crippen LogP contribution in [-0.4, -0.2) is 5.71 Å². The van der Waals surface area contributed by atoms with Gasteiger partial charge in [-0.05, 0) is 38.2 Å². The Morgan fingerprint density at radius 3 is 2.69 bits per heavy atom. The first-order valence-corrected chi connectivity index (χ1v) is 5.15. The molecule has 2 heteroatoms. The molecule has 0 aromatic heterocycles. The molecule has 0 aromatic rings. The van der Waals surface area contributed by atoms with E-state index in [0.29, 0.717) is 5.92 Å². The highest BCUT2D eigenvalue weighted by Crippen LogP contribution is 2.33. The van der Waals surface area contributed by atoms with Gasteiger partial charge in [-0.15, -0.1) is 0 Å². The molecule has 1 fully saturated rings. The molecular formula is C11H20N2. The maximum Gasteiger partial charge on any atom is 0.0361 e. The van der Waals surface area contributed by atoms with E-state index in [4.69, 9.17) is 11.1 Å². The van der Waals surface area contributed by atoms with Crippen molar-refractivity contribution in [1.29, 1.82) is 5.41 Å². The van der Waals surface area contributed by atoms with Crippen LogP contribution in [0.5, 0.6) is 0 Å². The van der Waals surface area contributed by atoms with Gasteiger partial charge in [0.05, 0.1) is 0 Å². The monoisotopic (exact) mass is 180 g/mol. The molecule has 0 radical (unpaired) electrons. The highest BCUT2D eigenvalue weighted by molar-refractivity contribution is 5.94. The Morgan fingerprint density at radius 2 is 2.23 bits per heavy atom. The van der Waals surface area contributed by atoms with Gasteiger partial charge in [-0.1, -0.05) is 13.3 Å². The van der Waals surface area contributed by atoms with Crippen LogP contribution < -0.4 is 5.73 Å². The number of allylic oxidation sites excluding steroid dienone is 2. The van der Waals surface area contributed by atoms with Crippen molar-refractivity contribution >= 4 is 5.71 Å². The minimum atomic E-state index is 0.475. The second kappa shape index (κ2) is 4.45. The average Bonchev–Trinajstić information content (AvgIpc) is 2.50. The van der Waals surface area contributed by atoms with Crippen LogP contribution in [0.25, 0.3) is 0 Å². The van der Waals surface area contributed by atoms with Crippen molar-refractivity contribution in [1.82, 2.24) is 0 Å². The molecule has 1 aliphatic rings. The van der Waals surface area contributed by atoms with E-state index in [2.05, 4.69) is 6.92 Å². The second-order valence-electron chi connectivity index (χ2n) is 4.13. The molecule has 2 unspecified atom stereocenters. The molecule has 2 nitrogen and oxygen atoms in total. The van der Waals surface area contributed by atoms with Crippen molar-refractivity contribution < 1.29 is 0 Å². The molecule has 0 bridgehead atoms. The fraction of sp³-hybridized carbons (Fsp3) is 0.727. The Balaban J connectivity index is 2.47. The number of rotatable bonds is 3. The lowest BCUT2D eigenvalue weighted by atomic mass is 9.98. The summed E-state index contributed by atoms with van der Waals surface area (Å²) in [5, 5.41) is 7.83. The molecule has 1 rings (SSSR count). The van der Waals surface area contributed by atoms with Gasteiger partial charge in [-0.25, -0.2) is 0 Å². The Labute approximate surface area is 80.7 Å². The van der Waals surface area contributed by atoms with E-state index in [1.807, 2.05) is 13.0 Å². The Hall–Kier alpha value is -0.790. The summed E-state index contributed by atoms with van der Waals surface area (Å²) in [6.45, 7) is 4.08. The molecule has 0 saturated heterocycles. The molecule has 3 N–H and O–H groups in total. The zero-order valence-corrected chi connectivity index (χ0v) is 8.64. The third kappa shape index (κ3) is 2.87. The van der Waals surface area contributed by atoms with Crippen LogP contribution in [0.3, 0.4) is 0 Å². The highest BCUT2D eigenvalue weighted by Gasteiger charge is 2.25. The summed E-state index contributed by atoms with van der Waals surface area (Å²) in [6, 6.07) is 0. The first kappa shape index (κ1) is 10.3. The first-order valence-electron chi connectivity index (χ1n) is 5.15. The summed E-state index contributed by atoms with van der Waals surface area (Å²) in [5.41, 5.74) is 7.04. The molecule has 0 aromatic carbocycles. The van der Waals surface area contributed by atoms with Crippen molar-refractivity contribution in [3.63, 3.8) is 0 Å². The van der Waals surface area contributed by atoms with Crippen LogP contribution in [0.15, 0.2) is 11.8 Å². The van der Waals surface area contributed by atoms with Gasteiger partial charge >= 0.3 is 0 Å². The minimum absolute atomic E-state index is 0.475. The van der Waals surface area contributed by atoms with Crippen LogP contribution in [0.4, 0.5) is 0 Å². The summed E-state index contributed by atoms with van der Waals surface area (Å²) in [7, 11) is 0. The van der Waals surface area contributed by atoms with Crippen molar-refractivity contribution in [3.05, 3.63) is 11.8 Å². The van der Waals surface area contributed by atoms with Gasteiger partial charge in [-0.3, -0.25) is 0 Å². The summed E-state index contributed by atoms with van der Waals surface area (Å²) in [5.74, 6) is 1.32. The Bertz CT molecular complexity index is 214. The molecular weight excluding hydrogens is 160 g/mol. The van der Waals surface area contributed by atoms with E-state index in [0.717, 1.165) is 17.3 Å². The van der Waals surface area contributed by atoms with E-state index >= 15 is 0 Å². The number of nitrogens with one attached hydrogen (secondary N) is 1. The Kier molecular flexibility index (Phi) is 3.52. The van der Waals surface area contributed by atoms with Crippen molar-refractivity contribution in [2.24, 2.45) is 17.6 Å². The third-order valence-electron chi connectivity index (χ3n) is 2.94. The van der Waals surface area contributed by atoms with E-state index in [-0.39, 0.29) is 0 Å². The quantitative estimate of drug-likeness (QED) is 0.644. The van der Waals surface area contributed by atoms with Crippen LogP contribution in [0.1, 0.15) is 39.5 Å². The summed E-state index contributed by atoms with van der Waals surface area (Å²) >= 11 is 0. The van der Waals surface area contributed by atoms with Gasteiger partial charge in [0.2, 0.25) is 0 Å². The molecule has 0 spiro atoms. The van der Waals surface area contributed by atoms with Crippen molar-refractivity contribution in [2.45, 2.75) is 39.5 Å². The largest absolute Gasteiger partial charge is 0.402 e. The van der Waals surface area contributed by atoms with E-state index < -0.39 is 0 Å². The maximum absolute atomic E-state index is 7.83. The summed E-state index contributed by atoms with van der Waals surface area (Å²) in [6.07, 6.45) is 6.74. The van der Waals surface area contributed by atoms with E-state index in [1.165, 1.54) is 25.7 Å². The summed E-state index contributed by atoms with van der Waals surface area (Å²) < 4.78 is 0. The van der Waals surface area contributed by atoms with E-state index in [9.17, 15) is 0 Å². The number of hydrogen-bond acceptors (Lipinski definition) is 2. The third-order valence-corrected chi connectivity index (χ3v) is 2.94. The predicted molar refractivity (Wildman–Crippen MR) is 56.8 cm³/mol. The van der Waals surface area contributed by atoms with Crippen LogP contribution in [0.2, 0.25) is 0 Å². The lowest BCUT2D eigenvalue weighted by Gasteiger charge is -2.08. The van der Waals surface area contributed by atoms with Crippen molar-refractivity contribution in [2.75, 3.05) is 0 Å².